The molecular weight excluding hydrogens is 154 g/mol. The van der Waals surface area contributed by atoms with E-state index in [-0.39, 0.29) is 23.7 Å². The fourth-order valence-electron chi connectivity index (χ4n) is 0.706. The van der Waals surface area contributed by atoms with Gasteiger partial charge in [0, 0.05) is 12.6 Å². The number of hydrogen-bond acceptors (Lipinski definition) is 2. The second kappa shape index (κ2) is 3.70. The van der Waals surface area contributed by atoms with Crippen molar-refractivity contribution in [3.05, 3.63) is 0 Å². The van der Waals surface area contributed by atoms with E-state index in [0.29, 0.717) is 0 Å². The molecular formula is C9H17NO2. The third kappa shape index (κ3) is 3.51. The molecule has 0 radical (unpaired) electrons. The molecule has 0 atom stereocenters. The Labute approximate surface area is 73.7 Å². The van der Waals surface area contributed by atoms with Gasteiger partial charge >= 0.3 is 0 Å². The van der Waals surface area contributed by atoms with Crippen LogP contribution in [0.15, 0.2) is 0 Å². The second-order valence-electron chi connectivity index (χ2n) is 4.00. The number of carbonyl (C=O) groups excluding carboxylic acids is 2. The molecule has 0 spiro atoms. The second-order valence-corrected chi connectivity index (χ2v) is 4.00. The Balaban J connectivity index is 4.21. The molecule has 0 N–H and O–H groups in total. The van der Waals surface area contributed by atoms with E-state index in [1.165, 1.54) is 6.92 Å². The molecule has 0 aliphatic rings. The van der Waals surface area contributed by atoms with Gasteiger partial charge in [-0.3, -0.25) is 9.59 Å². The SMILES string of the molecule is CC(=O)CC(=O)N(C)C(C)(C)C. The molecule has 1 amide bonds. The van der Waals surface area contributed by atoms with Crippen LogP contribution in [0.4, 0.5) is 0 Å². The first kappa shape index (κ1) is 11.1. The van der Waals surface area contributed by atoms with Crippen molar-refractivity contribution in [1.29, 1.82) is 0 Å². The number of nitrogens with zero attached hydrogens (tertiary/aromatic N) is 1. The Morgan fingerprint density at radius 1 is 1.25 bits per heavy atom. The summed E-state index contributed by atoms with van der Waals surface area (Å²) >= 11 is 0. The number of ketones is 1. The van der Waals surface area contributed by atoms with E-state index >= 15 is 0 Å². The lowest BCUT2D eigenvalue weighted by Gasteiger charge is -2.31. The topological polar surface area (TPSA) is 37.4 Å². The Bertz CT molecular complexity index is 191. The fourth-order valence-corrected chi connectivity index (χ4v) is 0.706. The van der Waals surface area contributed by atoms with Crippen LogP contribution in [-0.4, -0.2) is 29.2 Å². The Hall–Kier alpha value is -0.860. The fraction of sp³-hybridized carbons (Fsp3) is 0.778. The zero-order valence-corrected chi connectivity index (χ0v) is 8.47. The summed E-state index contributed by atoms with van der Waals surface area (Å²) in [4.78, 5) is 23.5. The summed E-state index contributed by atoms with van der Waals surface area (Å²) in [7, 11) is 1.71. The molecule has 3 nitrogen and oxygen atoms in total. The maximum atomic E-state index is 11.3. The van der Waals surface area contributed by atoms with Crippen molar-refractivity contribution < 1.29 is 9.59 Å². The zero-order valence-electron chi connectivity index (χ0n) is 8.47. The van der Waals surface area contributed by atoms with E-state index in [9.17, 15) is 9.59 Å². The molecule has 3 heteroatoms. The van der Waals surface area contributed by atoms with Crippen molar-refractivity contribution in [2.24, 2.45) is 0 Å². The van der Waals surface area contributed by atoms with Gasteiger partial charge in [-0.1, -0.05) is 0 Å². The summed E-state index contributed by atoms with van der Waals surface area (Å²) in [5, 5.41) is 0. The summed E-state index contributed by atoms with van der Waals surface area (Å²) < 4.78 is 0. The van der Waals surface area contributed by atoms with Gasteiger partial charge in [0.25, 0.3) is 0 Å². The van der Waals surface area contributed by atoms with E-state index in [0.717, 1.165) is 0 Å². The van der Waals surface area contributed by atoms with Gasteiger partial charge < -0.3 is 4.90 Å². The molecule has 0 aliphatic carbocycles. The number of amides is 1. The number of rotatable bonds is 2. The van der Waals surface area contributed by atoms with E-state index in [4.69, 9.17) is 0 Å². The van der Waals surface area contributed by atoms with Gasteiger partial charge in [-0.25, -0.2) is 0 Å². The smallest absolute Gasteiger partial charge is 0.230 e. The van der Waals surface area contributed by atoms with Crippen LogP contribution in [0.1, 0.15) is 34.1 Å². The van der Waals surface area contributed by atoms with Gasteiger partial charge in [0.2, 0.25) is 5.91 Å². The molecule has 0 saturated carbocycles. The van der Waals surface area contributed by atoms with Gasteiger partial charge in [0.05, 0.1) is 6.42 Å². The molecule has 70 valence electrons. The van der Waals surface area contributed by atoms with Crippen LogP contribution in [0.3, 0.4) is 0 Å². The van der Waals surface area contributed by atoms with Gasteiger partial charge in [0.15, 0.2) is 0 Å². The van der Waals surface area contributed by atoms with Crippen molar-refractivity contribution in [2.45, 2.75) is 39.7 Å². The molecule has 0 fully saturated rings. The Morgan fingerprint density at radius 3 is 1.92 bits per heavy atom. The van der Waals surface area contributed by atoms with Crippen LogP contribution in [0.25, 0.3) is 0 Å². The van der Waals surface area contributed by atoms with Gasteiger partial charge in [0.1, 0.15) is 5.78 Å². The first-order valence-corrected chi connectivity index (χ1v) is 4.01. The highest BCUT2D eigenvalue weighted by Gasteiger charge is 2.22. The van der Waals surface area contributed by atoms with E-state index in [2.05, 4.69) is 0 Å². The molecule has 12 heavy (non-hydrogen) atoms. The molecule has 0 saturated heterocycles. The molecule has 0 heterocycles. The lowest BCUT2D eigenvalue weighted by atomic mass is 10.1. The largest absolute Gasteiger partial charge is 0.341 e. The van der Waals surface area contributed by atoms with Gasteiger partial charge in [-0.05, 0) is 27.7 Å². The van der Waals surface area contributed by atoms with Crippen molar-refractivity contribution >= 4 is 11.7 Å². The van der Waals surface area contributed by atoms with Crippen LogP contribution in [-0.2, 0) is 9.59 Å². The lowest BCUT2D eigenvalue weighted by molar-refractivity contribution is -0.137. The van der Waals surface area contributed by atoms with Crippen molar-refractivity contribution in [3.8, 4) is 0 Å². The first-order chi connectivity index (χ1) is 5.25. The molecule has 0 aliphatic heterocycles. The standard InChI is InChI=1S/C9H17NO2/c1-7(11)6-8(12)10(5)9(2,3)4/h6H2,1-5H3. The predicted octanol–water partition coefficient (Wildman–Crippen LogP) is 1.22. The van der Waals surface area contributed by atoms with Crippen molar-refractivity contribution in [3.63, 3.8) is 0 Å². The highest BCUT2D eigenvalue weighted by molar-refractivity contribution is 5.96. The lowest BCUT2D eigenvalue weighted by Crippen LogP contribution is -2.43. The van der Waals surface area contributed by atoms with E-state index < -0.39 is 0 Å². The molecule has 0 unspecified atom stereocenters. The van der Waals surface area contributed by atoms with Crippen LogP contribution >= 0.6 is 0 Å². The summed E-state index contributed by atoms with van der Waals surface area (Å²) in [6.07, 6.45) is 0.00771. The average Bonchev–Trinajstić information content (AvgIpc) is 1.82. The minimum atomic E-state index is -0.202. The maximum Gasteiger partial charge on any atom is 0.230 e. The summed E-state index contributed by atoms with van der Waals surface area (Å²) in [5.41, 5.74) is -0.202. The van der Waals surface area contributed by atoms with Gasteiger partial charge in [-0.2, -0.15) is 0 Å². The molecule has 0 rings (SSSR count). The van der Waals surface area contributed by atoms with Crippen molar-refractivity contribution in [2.75, 3.05) is 7.05 Å². The molecule has 0 aromatic heterocycles. The molecule has 0 bridgehead atoms. The summed E-state index contributed by atoms with van der Waals surface area (Å²) in [6, 6.07) is 0. The average molecular weight is 171 g/mol. The van der Waals surface area contributed by atoms with Crippen molar-refractivity contribution in [1.82, 2.24) is 4.90 Å². The Kier molecular flexibility index (Phi) is 3.43. The van der Waals surface area contributed by atoms with Gasteiger partial charge in [-0.15, -0.1) is 0 Å². The normalized spacial score (nSPS) is 11.1. The third-order valence-corrected chi connectivity index (χ3v) is 1.78. The maximum absolute atomic E-state index is 11.3. The zero-order chi connectivity index (χ0) is 9.94. The summed E-state index contributed by atoms with van der Waals surface area (Å²) in [5.74, 6) is -0.203. The number of carbonyl (C=O) groups is 2. The quantitative estimate of drug-likeness (QED) is 0.586. The first-order valence-electron chi connectivity index (χ1n) is 4.01. The minimum Gasteiger partial charge on any atom is -0.341 e. The van der Waals surface area contributed by atoms with E-state index in [1.54, 1.807) is 11.9 Å². The van der Waals surface area contributed by atoms with Crippen LogP contribution in [0, 0.1) is 0 Å². The van der Waals surface area contributed by atoms with Crippen LogP contribution in [0.2, 0.25) is 0 Å². The highest BCUT2D eigenvalue weighted by atomic mass is 16.2. The van der Waals surface area contributed by atoms with E-state index in [1.807, 2.05) is 20.8 Å². The monoisotopic (exact) mass is 171 g/mol. The number of Topliss-reactive ketones (excluding diaryl/α,β-unsaturated/α-hetero) is 1. The predicted molar refractivity (Wildman–Crippen MR) is 47.8 cm³/mol. The number of hydrogen-bond donors (Lipinski definition) is 0. The van der Waals surface area contributed by atoms with Crippen LogP contribution in [0.5, 0.6) is 0 Å². The van der Waals surface area contributed by atoms with Crippen LogP contribution < -0.4 is 0 Å². The molecule has 0 aromatic rings. The Morgan fingerprint density at radius 2 is 1.67 bits per heavy atom. The highest BCUT2D eigenvalue weighted by Crippen LogP contribution is 2.11. The molecule has 0 aromatic carbocycles. The summed E-state index contributed by atoms with van der Waals surface area (Å²) in [6.45, 7) is 7.23. The third-order valence-electron chi connectivity index (χ3n) is 1.78. The minimum absolute atomic E-state index is 0.00771.